The van der Waals surface area contributed by atoms with E-state index in [2.05, 4.69) is 44.9 Å². The molecule has 5 nitrogen and oxygen atoms in total. The van der Waals surface area contributed by atoms with Crippen LogP contribution in [0.3, 0.4) is 0 Å². The van der Waals surface area contributed by atoms with Crippen LogP contribution in [-0.4, -0.2) is 24.1 Å². The number of nitrogens with zero attached hydrogens (tertiary/aromatic N) is 5. The van der Waals surface area contributed by atoms with Gasteiger partial charge in [0.15, 0.2) is 10.8 Å². The molecule has 0 aliphatic carbocycles. The monoisotopic (exact) mass is 263 g/mol. The summed E-state index contributed by atoms with van der Waals surface area (Å²) in [6, 6.07) is 0. The number of hydrogen-bond donors (Lipinski definition) is 0. The van der Waals surface area contributed by atoms with Gasteiger partial charge in [-0.3, -0.25) is 0 Å². The van der Waals surface area contributed by atoms with Crippen molar-refractivity contribution >= 4 is 11.5 Å². The van der Waals surface area contributed by atoms with Gasteiger partial charge >= 0.3 is 0 Å². The molecule has 0 spiro atoms. The zero-order valence-electron chi connectivity index (χ0n) is 10.9. The lowest BCUT2D eigenvalue weighted by molar-refractivity contribution is 0.466. The Kier molecular flexibility index (Phi) is 2.89. The van der Waals surface area contributed by atoms with Crippen molar-refractivity contribution in [3.05, 3.63) is 11.6 Å². The lowest BCUT2D eigenvalue weighted by Crippen LogP contribution is -2.14. The van der Waals surface area contributed by atoms with Crippen molar-refractivity contribution in [3.8, 4) is 10.8 Å². The fourth-order valence-corrected chi connectivity index (χ4v) is 3.10. The largest absolute Gasteiger partial charge is 0.309 e. The molecule has 0 amide bonds. The van der Waals surface area contributed by atoms with Crippen LogP contribution in [0.2, 0.25) is 0 Å². The Balaban J connectivity index is 2.01. The van der Waals surface area contributed by atoms with E-state index in [1.54, 1.807) is 0 Å². The molecule has 18 heavy (non-hydrogen) atoms. The lowest BCUT2D eigenvalue weighted by Gasteiger charge is -2.19. The summed E-state index contributed by atoms with van der Waals surface area (Å²) in [6.07, 6.45) is 2.39. The topological polar surface area (TPSA) is 56.5 Å². The Morgan fingerprint density at radius 2 is 2.17 bits per heavy atom. The first-order valence-electron chi connectivity index (χ1n) is 6.44. The standard InChI is InChI=1S/C12H17N5S/c1-7(2)9-13-12(18-16-9)11-15-14-10-8(3)5-4-6-17(10)11/h7-8H,4-6H2,1-3H3/t8-/m0/s1. The van der Waals surface area contributed by atoms with Gasteiger partial charge in [0.1, 0.15) is 11.6 Å². The highest BCUT2D eigenvalue weighted by molar-refractivity contribution is 7.09. The van der Waals surface area contributed by atoms with E-state index in [1.165, 1.54) is 24.4 Å². The maximum absolute atomic E-state index is 4.57. The highest BCUT2D eigenvalue weighted by Crippen LogP contribution is 2.30. The van der Waals surface area contributed by atoms with Gasteiger partial charge in [0, 0.05) is 18.4 Å². The first-order chi connectivity index (χ1) is 8.66. The van der Waals surface area contributed by atoms with Crippen molar-refractivity contribution in [1.29, 1.82) is 0 Å². The second-order valence-corrected chi connectivity index (χ2v) is 5.94. The van der Waals surface area contributed by atoms with Crippen molar-refractivity contribution < 1.29 is 0 Å². The number of fused-ring (bicyclic) bond motifs is 1. The normalized spacial score (nSPS) is 19.2. The van der Waals surface area contributed by atoms with Gasteiger partial charge in [0.2, 0.25) is 0 Å². The van der Waals surface area contributed by atoms with Crippen molar-refractivity contribution in [2.45, 2.75) is 52.0 Å². The fourth-order valence-electron chi connectivity index (χ4n) is 2.30. The molecule has 6 heteroatoms. The van der Waals surface area contributed by atoms with Crippen LogP contribution in [0, 0.1) is 0 Å². The number of rotatable bonds is 2. The summed E-state index contributed by atoms with van der Waals surface area (Å²) >= 11 is 1.43. The summed E-state index contributed by atoms with van der Waals surface area (Å²) in [4.78, 5) is 4.57. The molecule has 1 aliphatic rings. The maximum Gasteiger partial charge on any atom is 0.194 e. The molecule has 0 saturated heterocycles. The van der Waals surface area contributed by atoms with E-state index in [4.69, 9.17) is 0 Å². The SMILES string of the molecule is CC(C)c1nsc(-c2nnc3n2CCC[C@@H]3C)n1. The number of aromatic nitrogens is 5. The summed E-state index contributed by atoms with van der Waals surface area (Å²) in [7, 11) is 0. The molecule has 2 aromatic heterocycles. The lowest BCUT2D eigenvalue weighted by atomic mass is 10.0. The summed E-state index contributed by atoms with van der Waals surface area (Å²) in [5.74, 6) is 3.74. The van der Waals surface area contributed by atoms with Crippen LogP contribution in [0.4, 0.5) is 0 Å². The molecule has 0 unspecified atom stereocenters. The van der Waals surface area contributed by atoms with E-state index in [9.17, 15) is 0 Å². The summed E-state index contributed by atoms with van der Waals surface area (Å²) in [5, 5.41) is 9.53. The van der Waals surface area contributed by atoms with Crippen LogP contribution in [-0.2, 0) is 6.54 Å². The molecule has 3 rings (SSSR count). The molecule has 0 fully saturated rings. The molecule has 0 saturated carbocycles. The van der Waals surface area contributed by atoms with Gasteiger partial charge in [-0.15, -0.1) is 10.2 Å². The predicted octanol–water partition coefficient (Wildman–Crippen LogP) is 2.82. The zero-order valence-corrected chi connectivity index (χ0v) is 11.7. The molecular formula is C12H17N5S. The third-order valence-electron chi connectivity index (χ3n) is 3.39. The predicted molar refractivity (Wildman–Crippen MR) is 70.7 cm³/mol. The molecule has 2 aromatic rings. The van der Waals surface area contributed by atoms with E-state index in [-0.39, 0.29) is 0 Å². The Hall–Kier alpha value is -1.30. The summed E-state index contributed by atoms with van der Waals surface area (Å²) in [5.41, 5.74) is 0. The fraction of sp³-hybridized carbons (Fsp3) is 0.667. The van der Waals surface area contributed by atoms with Gasteiger partial charge in [-0.25, -0.2) is 4.98 Å². The van der Waals surface area contributed by atoms with Crippen LogP contribution >= 0.6 is 11.5 Å². The zero-order chi connectivity index (χ0) is 12.7. The Labute approximate surface area is 110 Å². The molecule has 0 N–H and O–H groups in total. The minimum absolute atomic E-state index is 0.359. The van der Waals surface area contributed by atoms with Gasteiger partial charge in [-0.2, -0.15) is 4.37 Å². The van der Waals surface area contributed by atoms with Crippen molar-refractivity contribution in [3.63, 3.8) is 0 Å². The van der Waals surface area contributed by atoms with E-state index in [0.717, 1.165) is 29.0 Å². The first-order valence-corrected chi connectivity index (χ1v) is 7.21. The molecule has 0 aromatic carbocycles. The Morgan fingerprint density at radius 1 is 1.33 bits per heavy atom. The van der Waals surface area contributed by atoms with Crippen molar-refractivity contribution in [1.82, 2.24) is 24.1 Å². The van der Waals surface area contributed by atoms with Crippen LogP contribution in [0.1, 0.15) is 57.1 Å². The smallest absolute Gasteiger partial charge is 0.194 e. The third kappa shape index (κ3) is 1.84. The van der Waals surface area contributed by atoms with E-state index >= 15 is 0 Å². The molecule has 1 atom stereocenters. The Bertz CT molecular complexity index is 557. The molecule has 3 heterocycles. The molecule has 0 radical (unpaired) electrons. The molecule has 96 valence electrons. The van der Waals surface area contributed by atoms with Crippen molar-refractivity contribution in [2.24, 2.45) is 0 Å². The molecular weight excluding hydrogens is 246 g/mol. The molecule has 1 aliphatic heterocycles. The average Bonchev–Trinajstić information content (AvgIpc) is 2.94. The van der Waals surface area contributed by atoms with Gasteiger partial charge in [0.25, 0.3) is 0 Å². The molecule has 0 bridgehead atoms. The van der Waals surface area contributed by atoms with E-state index < -0.39 is 0 Å². The van der Waals surface area contributed by atoms with Crippen LogP contribution in [0.15, 0.2) is 0 Å². The minimum Gasteiger partial charge on any atom is -0.309 e. The summed E-state index contributed by atoms with van der Waals surface area (Å²) < 4.78 is 6.60. The van der Waals surface area contributed by atoms with Gasteiger partial charge in [-0.05, 0) is 24.4 Å². The summed E-state index contributed by atoms with van der Waals surface area (Å²) in [6.45, 7) is 7.42. The van der Waals surface area contributed by atoms with Crippen LogP contribution in [0.5, 0.6) is 0 Å². The highest BCUT2D eigenvalue weighted by atomic mass is 32.1. The van der Waals surface area contributed by atoms with Crippen LogP contribution in [0.25, 0.3) is 10.8 Å². The second-order valence-electron chi connectivity index (χ2n) is 5.19. The quantitative estimate of drug-likeness (QED) is 0.836. The highest BCUT2D eigenvalue weighted by Gasteiger charge is 2.24. The van der Waals surface area contributed by atoms with E-state index in [0.29, 0.717) is 11.8 Å². The van der Waals surface area contributed by atoms with Crippen LogP contribution < -0.4 is 0 Å². The van der Waals surface area contributed by atoms with Gasteiger partial charge < -0.3 is 4.57 Å². The number of hydrogen-bond acceptors (Lipinski definition) is 5. The van der Waals surface area contributed by atoms with Gasteiger partial charge in [-0.1, -0.05) is 20.8 Å². The minimum atomic E-state index is 0.359. The van der Waals surface area contributed by atoms with Gasteiger partial charge in [0.05, 0.1) is 0 Å². The van der Waals surface area contributed by atoms with Crippen molar-refractivity contribution in [2.75, 3.05) is 0 Å². The van der Waals surface area contributed by atoms with E-state index in [1.807, 2.05) is 0 Å². The Morgan fingerprint density at radius 3 is 2.89 bits per heavy atom. The second kappa shape index (κ2) is 4.42. The first kappa shape index (κ1) is 11.8. The third-order valence-corrected chi connectivity index (χ3v) is 4.11. The maximum atomic E-state index is 4.57. The average molecular weight is 263 g/mol.